The number of H-pyrrole nitrogens is 1. The Morgan fingerprint density at radius 2 is 1.81 bits per heavy atom. The van der Waals surface area contributed by atoms with E-state index in [2.05, 4.69) is 39.3 Å². The molecule has 0 radical (unpaired) electrons. The maximum Gasteiger partial charge on any atom is 0.257 e. The molecule has 0 unspecified atom stereocenters. The van der Waals surface area contributed by atoms with Gasteiger partial charge in [-0.05, 0) is 49.5 Å². The van der Waals surface area contributed by atoms with Crippen molar-refractivity contribution in [1.29, 1.82) is 0 Å². The summed E-state index contributed by atoms with van der Waals surface area (Å²) >= 11 is 0. The predicted octanol–water partition coefficient (Wildman–Crippen LogP) is 3.18. The molecule has 6 heteroatoms. The molecule has 1 aromatic heterocycles. The number of carbonyl (C=O) groups excluding carboxylic acids is 1. The number of rotatable bonds is 4. The zero-order valence-electron chi connectivity index (χ0n) is 15.7. The van der Waals surface area contributed by atoms with E-state index >= 15 is 0 Å². The first-order chi connectivity index (χ1) is 13.1. The van der Waals surface area contributed by atoms with Gasteiger partial charge in [-0.3, -0.25) is 4.79 Å². The lowest BCUT2D eigenvalue weighted by Crippen LogP contribution is -2.44. The molecule has 2 aromatic carbocycles. The number of nitrogens with one attached hydrogen (secondary N) is 2. The fourth-order valence-corrected chi connectivity index (χ4v) is 3.43. The molecule has 2 N–H and O–H groups in total. The minimum absolute atomic E-state index is 0.137. The average Bonchev–Trinajstić information content (AvgIpc) is 3.12. The monoisotopic (exact) mass is 364 g/mol. The van der Waals surface area contributed by atoms with E-state index in [4.69, 9.17) is 4.74 Å². The van der Waals surface area contributed by atoms with Crippen LogP contribution in [0.15, 0.2) is 48.7 Å². The summed E-state index contributed by atoms with van der Waals surface area (Å²) in [5.41, 5.74) is 3.49. The molecule has 6 nitrogen and oxygen atoms in total. The number of benzene rings is 2. The highest BCUT2D eigenvalue weighted by Gasteiger charge is 2.15. The summed E-state index contributed by atoms with van der Waals surface area (Å²) < 4.78 is 5.27. The summed E-state index contributed by atoms with van der Waals surface area (Å²) in [4.78, 5) is 20.6. The van der Waals surface area contributed by atoms with Gasteiger partial charge in [0.1, 0.15) is 5.75 Å². The third-order valence-electron chi connectivity index (χ3n) is 5.13. The third-order valence-corrected chi connectivity index (χ3v) is 5.13. The number of piperazine rings is 1. The van der Waals surface area contributed by atoms with Crippen LogP contribution in [0.4, 0.5) is 11.4 Å². The predicted molar refractivity (Wildman–Crippen MR) is 109 cm³/mol. The Morgan fingerprint density at radius 1 is 1.07 bits per heavy atom. The molecule has 3 aromatic rings. The van der Waals surface area contributed by atoms with Crippen molar-refractivity contribution >= 4 is 28.2 Å². The second kappa shape index (κ2) is 7.32. The number of methoxy groups -OCH3 is 1. The number of amides is 1. The Morgan fingerprint density at radius 3 is 2.52 bits per heavy atom. The smallest absolute Gasteiger partial charge is 0.257 e. The van der Waals surface area contributed by atoms with Crippen LogP contribution >= 0.6 is 0 Å². The van der Waals surface area contributed by atoms with Gasteiger partial charge in [0.2, 0.25) is 0 Å². The molecule has 1 fully saturated rings. The quantitative estimate of drug-likeness (QED) is 0.746. The number of anilines is 2. The summed E-state index contributed by atoms with van der Waals surface area (Å²) in [6.45, 7) is 4.20. The second-order valence-corrected chi connectivity index (χ2v) is 6.91. The molecule has 4 rings (SSSR count). The van der Waals surface area contributed by atoms with Gasteiger partial charge >= 0.3 is 0 Å². The van der Waals surface area contributed by atoms with Gasteiger partial charge in [0.05, 0.1) is 12.7 Å². The molecule has 140 valence electrons. The number of carbonyl (C=O) groups is 1. The van der Waals surface area contributed by atoms with E-state index in [0.29, 0.717) is 5.56 Å². The second-order valence-electron chi connectivity index (χ2n) is 6.91. The number of fused-ring (bicyclic) bond motifs is 1. The highest BCUT2D eigenvalue weighted by atomic mass is 16.5. The van der Waals surface area contributed by atoms with Crippen LogP contribution in [0.2, 0.25) is 0 Å². The first-order valence-corrected chi connectivity index (χ1v) is 9.14. The van der Waals surface area contributed by atoms with Crippen molar-refractivity contribution in [3.63, 3.8) is 0 Å². The van der Waals surface area contributed by atoms with Crippen molar-refractivity contribution in [3.8, 4) is 5.75 Å². The maximum absolute atomic E-state index is 12.7. The fraction of sp³-hybridized carbons (Fsp3) is 0.286. The summed E-state index contributed by atoms with van der Waals surface area (Å²) in [5, 5.41) is 3.83. The van der Waals surface area contributed by atoms with E-state index in [1.54, 1.807) is 13.3 Å². The van der Waals surface area contributed by atoms with Gasteiger partial charge in [0.15, 0.2) is 0 Å². The lowest BCUT2D eigenvalue weighted by Gasteiger charge is -2.34. The van der Waals surface area contributed by atoms with Crippen molar-refractivity contribution in [3.05, 3.63) is 54.2 Å². The molecular formula is C21H24N4O2. The van der Waals surface area contributed by atoms with Gasteiger partial charge in [0.25, 0.3) is 5.91 Å². The van der Waals surface area contributed by atoms with Crippen LogP contribution in [0, 0.1) is 0 Å². The third kappa shape index (κ3) is 3.61. The van der Waals surface area contributed by atoms with Gasteiger partial charge in [-0.25, -0.2) is 0 Å². The zero-order chi connectivity index (χ0) is 18.8. The Kier molecular flexibility index (Phi) is 4.73. The first-order valence-electron chi connectivity index (χ1n) is 9.14. The van der Waals surface area contributed by atoms with Crippen LogP contribution in [0.5, 0.6) is 5.75 Å². The van der Waals surface area contributed by atoms with E-state index < -0.39 is 0 Å². The standard InChI is InChI=1S/C21H24N4O2/c1-24-9-11-25(12-10-24)16-5-3-15(4-6-16)23-21(26)19-14-22-20-8-7-17(27-2)13-18(19)20/h3-8,13-14,22H,9-12H2,1-2H3,(H,23,26). The highest BCUT2D eigenvalue weighted by Crippen LogP contribution is 2.25. The number of hydrogen-bond donors (Lipinski definition) is 2. The fourth-order valence-electron chi connectivity index (χ4n) is 3.43. The van der Waals surface area contributed by atoms with Crippen molar-refractivity contribution in [2.45, 2.75) is 0 Å². The van der Waals surface area contributed by atoms with E-state index in [0.717, 1.165) is 48.5 Å². The summed E-state index contributed by atoms with van der Waals surface area (Å²) in [6.07, 6.45) is 1.73. The Labute approximate surface area is 158 Å². The normalized spacial score (nSPS) is 15.1. The number of aromatic amines is 1. The number of hydrogen-bond acceptors (Lipinski definition) is 4. The van der Waals surface area contributed by atoms with Gasteiger partial charge in [-0.15, -0.1) is 0 Å². The minimum atomic E-state index is -0.137. The van der Waals surface area contributed by atoms with Gasteiger partial charge in [-0.2, -0.15) is 0 Å². The summed E-state index contributed by atoms with van der Waals surface area (Å²) in [7, 11) is 3.77. The van der Waals surface area contributed by atoms with Gasteiger partial charge in [-0.1, -0.05) is 0 Å². The SMILES string of the molecule is COc1ccc2[nH]cc(C(=O)Nc3ccc(N4CCN(C)CC4)cc3)c2c1. The first kappa shape index (κ1) is 17.4. The van der Waals surface area contributed by atoms with Crippen LogP contribution in [0.3, 0.4) is 0 Å². The molecule has 0 atom stereocenters. The van der Waals surface area contributed by atoms with E-state index in [9.17, 15) is 4.79 Å². The van der Waals surface area contributed by atoms with Crippen LogP contribution in [-0.4, -0.2) is 56.1 Å². The maximum atomic E-state index is 12.7. The molecule has 27 heavy (non-hydrogen) atoms. The minimum Gasteiger partial charge on any atom is -0.497 e. The van der Waals surface area contributed by atoms with E-state index in [1.807, 2.05) is 30.3 Å². The molecule has 1 saturated heterocycles. The van der Waals surface area contributed by atoms with Gasteiger partial charge in [0, 0.05) is 54.7 Å². The topological polar surface area (TPSA) is 60.6 Å². The molecule has 1 aliphatic heterocycles. The molecule has 0 saturated carbocycles. The Bertz CT molecular complexity index is 940. The molecule has 1 aliphatic rings. The van der Waals surface area contributed by atoms with E-state index in [-0.39, 0.29) is 5.91 Å². The van der Waals surface area contributed by atoms with Crippen molar-refractivity contribution in [1.82, 2.24) is 9.88 Å². The van der Waals surface area contributed by atoms with Crippen molar-refractivity contribution in [2.24, 2.45) is 0 Å². The number of nitrogens with zero attached hydrogens (tertiary/aromatic N) is 2. The van der Waals surface area contributed by atoms with E-state index in [1.165, 1.54) is 5.69 Å². The number of ether oxygens (including phenoxy) is 1. The molecule has 0 spiro atoms. The zero-order valence-corrected chi connectivity index (χ0v) is 15.7. The molecule has 2 heterocycles. The Balaban J connectivity index is 1.48. The molecular weight excluding hydrogens is 340 g/mol. The summed E-state index contributed by atoms with van der Waals surface area (Å²) in [5.74, 6) is 0.592. The summed E-state index contributed by atoms with van der Waals surface area (Å²) in [6, 6.07) is 13.7. The van der Waals surface area contributed by atoms with Crippen molar-refractivity contribution in [2.75, 3.05) is 50.6 Å². The van der Waals surface area contributed by atoms with Crippen LogP contribution in [0.25, 0.3) is 10.9 Å². The van der Waals surface area contributed by atoms with Crippen LogP contribution in [0.1, 0.15) is 10.4 Å². The largest absolute Gasteiger partial charge is 0.497 e. The number of likely N-dealkylation sites (N-methyl/N-ethyl adjacent to an activating group) is 1. The number of aromatic nitrogens is 1. The average molecular weight is 364 g/mol. The lowest BCUT2D eigenvalue weighted by molar-refractivity contribution is 0.102. The molecule has 0 bridgehead atoms. The highest BCUT2D eigenvalue weighted by molar-refractivity contribution is 6.13. The molecule has 0 aliphatic carbocycles. The van der Waals surface area contributed by atoms with Crippen LogP contribution in [-0.2, 0) is 0 Å². The van der Waals surface area contributed by atoms with Crippen LogP contribution < -0.4 is 15.0 Å². The van der Waals surface area contributed by atoms with Gasteiger partial charge < -0.3 is 24.8 Å². The Hall–Kier alpha value is -2.99. The molecule has 1 amide bonds. The van der Waals surface area contributed by atoms with Crippen molar-refractivity contribution < 1.29 is 9.53 Å². The lowest BCUT2D eigenvalue weighted by atomic mass is 10.1.